The Labute approximate surface area is 157 Å². The van der Waals surface area contributed by atoms with Crippen molar-refractivity contribution >= 4 is 28.2 Å². The summed E-state index contributed by atoms with van der Waals surface area (Å²) < 4.78 is 38.3. The molecule has 0 radical (unpaired) electrons. The van der Waals surface area contributed by atoms with Crippen molar-refractivity contribution in [1.82, 2.24) is 4.98 Å². The summed E-state index contributed by atoms with van der Waals surface area (Å²) in [4.78, 5) is 7.48. The highest BCUT2D eigenvalue weighted by Crippen LogP contribution is 2.33. The lowest BCUT2D eigenvalue weighted by atomic mass is 10.1. The van der Waals surface area contributed by atoms with Gasteiger partial charge >= 0.3 is 0 Å². The van der Waals surface area contributed by atoms with E-state index in [-0.39, 0.29) is 0 Å². The molecule has 0 aliphatic carbocycles. The molecule has 0 spiro atoms. The summed E-state index contributed by atoms with van der Waals surface area (Å²) in [7, 11) is 0. The van der Waals surface area contributed by atoms with E-state index in [2.05, 4.69) is 9.88 Å². The quantitative estimate of drug-likeness (QED) is 0.625. The molecule has 0 unspecified atom stereocenters. The summed E-state index contributed by atoms with van der Waals surface area (Å²) in [6.45, 7) is 1.61. The first kappa shape index (κ1) is 17.5. The Hall–Kier alpha value is -1.96. The standard InChI is InChI=1S/C19H16F2N2OS2/c20-15-9-14(10-16(21)11-15)19-22-12-18(25-19)13-1-3-17(4-2-13)23-5-7-26(24)8-6-23/h1-4,9-12H,5-8H2. The van der Waals surface area contributed by atoms with Gasteiger partial charge < -0.3 is 9.45 Å². The molecule has 7 heteroatoms. The summed E-state index contributed by atoms with van der Waals surface area (Å²) >= 11 is 0.711. The van der Waals surface area contributed by atoms with Gasteiger partial charge in [0.1, 0.15) is 28.1 Å². The molecule has 4 rings (SSSR count). The summed E-state index contributed by atoms with van der Waals surface area (Å²) in [6.07, 6.45) is 1.72. The summed E-state index contributed by atoms with van der Waals surface area (Å²) in [5.74, 6) is 0.209. The predicted octanol–water partition coefficient (Wildman–Crippen LogP) is 4.32. The molecule has 0 bridgehead atoms. The Bertz CT molecular complexity index is 886. The van der Waals surface area contributed by atoms with E-state index in [9.17, 15) is 13.3 Å². The van der Waals surface area contributed by atoms with E-state index in [0.717, 1.165) is 35.3 Å². The lowest BCUT2D eigenvalue weighted by Crippen LogP contribution is -2.40. The second-order valence-electron chi connectivity index (χ2n) is 6.07. The first-order chi connectivity index (χ1) is 12.6. The molecule has 3 aromatic rings. The van der Waals surface area contributed by atoms with Crippen LogP contribution in [0.1, 0.15) is 0 Å². The zero-order valence-corrected chi connectivity index (χ0v) is 15.5. The normalized spacial score (nSPS) is 15.4. The van der Waals surface area contributed by atoms with Crippen LogP contribution in [0, 0.1) is 11.6 Å². The third kappa shape index (κ3) is 3.75. The highest BCUT2D eigenvalue weighted by molar-refractivity contribution is 7.91. The van der Waals surface area contributed by atoms with Crippen LogP contribution in [0.5, 0.6) is 0 Å². The Morgan fingerprint density at radius 1 is 0.962 bits per heavy atom. The fourth-order valence-electron chi connectivity index (χ4n) is 2.95. The Morgan fingerprint density at radius 2 is 1.62 bits per heavy atom. The predicted molar refractivity (Wildman–Crippen MR) is 103 cm³/mol. The molecule has 0 N–H and O–H groups in total. The molecular weight excluding hydrogens is 374 g/mol. The minimum absolute atomic E-state index is 0.441. The fourth-order valence-corrected chi connectivity index (χ4v) is 4.91. The molecule has 1 aliphatic rings. The van der Waals surface area contributed by atoms with Crippen LogP contribution in [0.4, 0.5) is 14.5 Å². The van der Waals surface area contributed by atoms with Crippen molar-refractivity contribution in [2.75, 3.05) is 29.5 Å². The third-order valence-corrected chi connectivity index (χ3v) is 6.68. The lowest BCUT2D eigenvalue weighted by molar-refractivity contribution is 0.584. The Balaban J connectivity index is 1.54. The Kier molecular flexibility index (Phi) is 4.93. The minimum atomic E-state index is -0.689. The van der Waals surface area contributed by atoms with Crippen molar-refractivity contribution in [1.29, 1.82) is 0 Å². The molecule has 0 saturated carbocycles. The smallest absolute Gasteiger partial charge is 0.126 e. The number of aromatic nitrogens is 1. The molecule has 2 heterocycles. The van der Waals surface area contributed by atoms with Crippen LogP contribution in [0.2, 0.25) is 0 Å². The van der Waals surface area contributed by atoms with E-state index in [1.54, 1.807) is 6.20 Å². The van der Waals surface area contributed by atoms with Crippen LogP contribution in [-0.2, 0) is 11.2 Å². The maximum atomic E-state index is 13.4. The molecule has 2 aromatic carbocycles. The van der Waals surface area contributed by atoms with Gasteiger partial charge in [0.25, 0.3) is 0 Å². The van der Waals surface area contributed by atoms with Gasteiger partial charge in [-0.3, -0.25) is 0 Å². The lowest BCUT2D eigenvalue weighted by Gasteiger charge is -2.29. The van der Waals surface area contributed by atoms with Crippen LogP contribution < -0.4 is 4.90 Å². The van der Waals surface area contributed by atoms with E-state index in [0.29, 0.717) is 22.1 Å². The van der Waals surface area contributed by atoms with Gasteiger partial charge in [0.05, 0.1) is 18.0 Å². The van der Waals surface area contributed by atoms with E-state index < -0.39 is 22.8 Å². The van der Waals surface area contributed by atoms with Crippen LogP contribution in [0.15, 0.2) is 48.7 Å². The molecule has 0 atom stereocenters. The van der Waals surface area contributed by atoms with Crippen molar-refractivity contribution in [2.24, 2.45) is 0 Å². The van der Waals surface area contributed by atoms with Gasteiger partial charge in [-0.15, -0.1) is 11.3 Å². The zero-order chi connectivity index (χ0) is 18.1. The summed E-state index contributed by atoms with van der Waals surface area (Å²) in [5.41, 5.74) is 2.56. The van der Waals surface area contributed by atoms with Crippen molar-refractivity contribution < 1.29 is 13.3 Å². The highest BCUT2D eigenvalue weighted by Gasteiger charge is 2.19. The van der Waals surface area contributed by atoms with Crippen molar-refractivity contribution in [3.8, 4) is 21.0 Å². The second kappa shape index (κ2) is 7.34. The monoisotopic (exact) mass is 390 g/mol. The first-order valence-electron chi connectivity index (χ1n) is 8.21. The van der Waals surface area contributed by atoms with Crippen LogP contribution >= 0.6 is 11.3 Å². The van der Waals surface area contributed by atoms with Gasteiger partial charge in [-0.05, 0) is 29.8 Å². The summed E-state index contributed by atoms with van der Waals surface area (Å²) in [5, 5.41) is 0.584. The van der Waals surface area contributed by atoms with E-state index in [1.807, 2.05) is 24.3 Å². The topological polar surface area (TPSA) is 39.2 Å². The maximum absolute atomic E-state index is 13.4. The number of hydrogen-bond acceptors (Lipinski definition) is 4. The molecule has 1 fully saturated rings. The maximum Gasteiger partial charge on any atom is 0.126 e. The van der Waals surface area contributed by atoms with Crippen molar-refractivity contribution in [3.05, 3.63) is 60.3 Å². The number of halogens is 2. The number of anilines is 1. The number of benzene rings is 2. The van der Waals surface area contributed by atoms with Crippen LogP contribution in [-0.4, -0.2) is 34.1 Å². The van der Waals surface area contributed by atoms with Gasteiger partial charge in [0.15, 0.2) is 0 Å². The average molecular weight is 390 g/mol. The number of rotatable bonds is 3. The van der Waals surface area contributed by atoms with E-state index in [1.165, 1.54) is 23.5 Å². The minimum Gasteiger partial charge on any atom is -0.616 e. The molecule has 0 amide bonds. The number of nitrogens with zero attached hydrogens (tertiary/aromatic N) is 2. The number of hydrogen-bond donors (Lipinski definition) is 0. The van der Waals surface area contributed by atoms with Crippen LogP contribution in [0.25, 0.3) is 21.0 Å². The van der Waals surface area contributed by atoms with Gasteiger partial charge in [-0.1, -0.05) is 23.3 Å². The fraction of sp³-hybridized carbons (Fsp3) is 0.211. The largest absolute Gasteiger partial charge is 0.616 e. The number of thiazole rings is 1. The van der Waals surface area contributed by atoms with Crippen molar-refractivity contribution in [2.45, 2.75) is 0 Å². The molecule has 26 heavy (non-hydrogen) atoms. The van der Waals surface area contributed by atoms with Gasteiger partial charge in [0, 0.05) is 23.5 Å². The van der Waals surface area contributed by atoms with E-state index in [4.69, 9.17) is 0 Å². The second-order valence-corrected chi connectivity index (χ2v) is 8.80. The molecular formula is C19H16F2N2OS2. The molecule has 1 aliphatic heterocycles. The van der Waals surface area contributed by atoms with E-state index >= 15 is 0 Å². The summed E-state index contributed by atoms with van der Waals surface area (Å²) in [6, 6.07) is 11.6. The highest BCUT2D eigenvalue weighted by atomic mass is 32.2. The van der Waals surface area contributed by atoms with Gasteiger partial charge in [-0.2, -0.15) is 0 Å². The third-order valence-electron chi connectivity index (χ3n) is 4.31. The SMILES string of the molecule is [O-][S+]1CCN(c2ccc(-c3cnc(-c4cc(F)cc(F)c4)s3)cc2)CC1. The van der Waals surface area contributed by atoms with Gasteiger partial charge in [0.2, 0.25) is 0 Å². The van der Waals surface area contributed by atoms with Crippen molar-refractivity contribution in [3.63, 3.8) is 0 Å². The molecule has 3 nitrogen and oxygen atoms in total. The first-order valence-corrected chi connectivity index (χ1v) is 10.5. The average Bonchev–Trinajstić information content (AvgIpc) is 3.12. The van der Waals surface area contributed by atoms with Crippen LogP contribution in [0.3, 0.4) is 0 Å². The Morgan fingerprint density at radius 3 is 2.27 bits per heavy atom. The molecule has 134 valence electrons. The zero-order valence-electron chi connectivity index (χ0n) is 13.8. The molecule has 1 saturated heterocycles. The van der Waals surface area contributed by atoms with Gasteiger partial charge in [-0.25, -0.2) is 13.8 Å². The molecule has 1 aromatic heterocycles.